The van der Waals surface area contributed by atoms with Gasteiger partial charge in [0.2, 0.25) is 0 Å². The van der Waals surface area contributed by atoms with Crippen molar-refractivity contribution >= 4 is 5.91 Å². The molecule has 0 unspecified atom stereocenters. The van der Waals surface area contributed by atoms with Gasteiger partial charge in [-0.05, 0) is 45.7 Å². The topological polar surface area (TPSA) is 51.5 Å². The highest BCUT2D eigenvalue weighted by Gasteiger charge is 2.21. The van der Waals surface area contributed by atoms with Gasteiger partial charge >= 0.3 is 0 Å². The molecule has 0 bridgehead atoms. The van der Waals surface area contributed by atoms with E-state index in [1.165, 1.54) is 0 Å². The quantitative estimate of drug-likeness (QED) is 0.765. The number of carbonyl (C=O) groups excluding carboxylic acids is 1. The number of hydrogen-bond acceptors (Lipinski definition) is 3. The average Bonchev–Trinajstić information content (AvgIpc) is 2.62. The van der Waals surface area contributed by atoms with E-state index in [0.29, 0.717) is 19.6 Å². The van der Waals surface area contributed by atoms with Crippen molar-refractivity contribution in [3.63, 3.8) is 0 Å². The summed E-state index contributed by atoms with van der Waals surface area (Å²) in [5.74, 6) is 0.659. The second-order valence-corrected chi connectivity index (χ2v) is 6.30. The highest BCUT2D eigenvalue weighted by atomic mass is 16.5. The summed E-state index contributed by atoms with van der Waals surface area (Å²) in [6, 6.07) is 9.47. The molecule has 1 amide bonds. The summed E-state index contributed by atoms with van der Waals surface area (Å²) in [4.78, 5) is 26.9. The highest BCUT2D eigenvalue weighted by molar-refractivity contribution is 5.95. The minimum absolute atomic E-state index is 0.191. The molecule has 2 aromatic rings. The maximum atomic E-state index is 12.8. The molecule has 0 spiro atoms. The number of benzene rings is 1. The van der Waals surface area contributed by atoms with Crippen LogP contribution >= 0.6 is 0 Å². The first-order valence-corrected chi connectivity index (χ1v) is 9.06. The van der Waals surface area contributed by atoms with Gasteiger partial charge in [-0.25, -0.2) is 0 Å². The van der Waals surface area contributed by atoms with Crippen LogP contribution in [0, 0.1) is 13.8 Å². The Kier molecular flexibility index (Phi) is 6.61. The number of carbonyl (C=O) groups is 1. The number of pyridine rings is 1. The molecule has 1 heterocycles. The van der Waals surface area contributed by atoms with E-state index in [1.54, 1.807) is 18.1 Å². The maximum Gasteiger partial charge on any atom is 0.259 e. The van der Waals surface area contributed by atoms with Gasteiger partial charge in [0.1, 0.15) is 11.3 Å². The summed E-state index contributed by atoms with van der Waals surface area (Å²) in [5, 5.41) is 0. The lowest BCUT2D eigenvalue weighted by molar-refractivity contribution is 0.0770. The van der Waals surface area contributed by atoms with Crippen LogP contribution in [0.2, 0.25) is 0 Å². The molecule has 1 aromatic heterocycles. The molecule has 0 N–H and O–H groups in total. The SMILES string of the molecule is CCN(CC)C(=O)c1c(C)n(CCc2ccccc2OC)c(C)cc1=O. The third-order valence-corrected chi connectivity index (χ3v) is 4.84. The lowest BCUT2D eigenvalue weighted by atomic mass is 10.1. The van der Waals surface area contributed by atoms with Crippen molar-refractivity contribution in [1.82, 2.24) is 9.47 Å². The fourth-order valence-corrected chi connectivity index (χ4v) is 3.33. The maximum absolute atomic E-state index is 12.8. The number of para-hydroxylation sites is 1. The molecule has 0 aliphatic heterocycles. The van der Waals surface area contributed by atoms with E-state index in [4.69, 9.17) is 4.74 Å². The molecule has 5 nitrogen and oxygen atoms in total. The summed E-state index contributed by atoms with van der Waals surface area (Å²) in [6.07, 6.45) is 0.757. The van der Waals surface area contributed by atoms with Gasteiger partial charge in [0, 0.05) is 37.1 Å². The van der Waals surface area contributed by atoms with Crippen LogP contribution in [0.5, 0.6) is 5.75 Å². The molecule has 5 heteroatoms. The van der Waals surface area contributed by atoms with Crippen LogP contribution in [0.3, 0.4) is 0 Å². The Morgan fingerprint density at radius 1 is 1.15 bits per heavy atom. The van der Waals surface area contributed by atoms with Crippen molar-refractivity contribution in [2.24, 2.45) is 0 Å². The molecule has 0 fully saturated rings. The van der Waals surface area contributed by atoms with Gasteiger partial charge in [-0.2, -0.15) is 0 Å². The number of amides is 1. The fourth-order valence-electron chi connectivity index (χ4n) is 3.33. The van der Waals surface area contributed by atoms with Crippen LogP contribution in [0.25, 0.3) is 0 Å². The van der Waals surface area contributed by atoms with Gasteiger partial charge in [-0.15, -0.1) is 0 Å². The van der Waals surface area contributed by atoms with Crippen molar-refractivity contribution in [1.29, 1.82) is 0 Å². The fraction of sp³-hybridized carbons (Fsp3) is 0.429. The van der Waals surface area contributed by atoms with Crippen molar-refractivity contribution in [2.75, 3.05) is 20.2 Å². The summed E-state index contributed by atoms with van der Waals surface area (Å²) < 4.78 is 7.46. The Morgan fingerprint density at radius 3 is 2.42 bits per heavy atom. The second kappa shape index (κ2) is 8.70. The summed E-state index contributed by atoms with van der Waals surface area (Å²) in [5.41, 5.74) is 2.76. The molecule has 1 aromatic carbocycles. The molecule has 0 radical (unpaired) electrons. The molecule has 0 aliphatic rings. The molecular weight excluding hydrogens is 328 g/mol. The summed E-state index contributed by atoms with van der Waals surface area (Å²) >= 11 is 0. The van der Waals surface area contributed by atoms with Crippen LogP contribution < -0.4 is 10.2 Å². The average molecular weight is 356 g/mol. The van der Waals surface area contributed by atoms with Gasteiger partial charge in [-0.1, -0.05) is 18.2 Å². The Balaban J connectivity index is 2.39. The lowest BCUT2D eigenvalue weighted by Crippen LogP contribution is -2.36. The molecule has 140 valence electrons. The zero-order valence-electron chi connectivity index (χ0n) is 16.3. The van der Waals surface area contributed by atoms with Crippen molar-refractivity contribution in [2.45, 2.75) is 40.7 Å². The third kappa shape index (κ3) is 3.98. The minimum atomic E-state index is -0.203. The Hall–Kier alpha value is -2.56. The Labute approximate surface area is 155 Å². The largest absolute Gasteiger partial charge is 0.496 e. The van der Waals surface area contributed by atoms with Crippen LogP contribution in [0.4, 0.5) is 0 Å². The van der Waals surface area contributed by atoms with Crippen LogP contribution in [0.15, 0.2) is 35.1 Å². The normalized spacial score (nSPS) is 10.7. The van der Waals surface area contributed by atoms with E-state index in [1.807, 2.05) is 56.5 Å². The molecule has 0 saturated carbocycles. The van der Waals surface area contributed by atoms with Crippen molar-refractivity contribution in [3.8, 4) is 5.75 Å². The lowest BCUT2D eigenvalue weighted by Gasteiger charge is -2.22. The van der Waals surface area contributed by atoms with E-state index in [2.05, 4.69) is 0 Å². The van der Waals surface area contributed by atoms with Gasteiger partial charge in [0.25, 0.3) is 5.91 Å². The van der Waals surface area contributed by atoms with Gasteiger partial charge < -0.3 is 14.2 Å². The van der Waals surface area contributed by atoms with Gasteiger partial charge in [0.05, 0.1) is 7.11 Å². The number of nitrogens with zero attached hydrogens (tertiary/aromatic N) is 2. The van der Waals surface area contributed by atoms with E-state index < -0.39 is 0 Å². The summed E-state index contributed by atoms with van der Waals surface area (Å²) in [6.45, 7) is 9.45. The highest BCUT2D eigenvalue weighted by Crippen LogP contribution is 2.19. The third-order valence-electron chi connectivity index (χ3n) is 4.84. The molecule has 0 atom stereocenters. The number of ether oxygens (including phenoxy) is 1. The van der Waals surface area contributed by atoms with Gasteiger partial charge in [-0.3, -0.25) is 9.59 Å². The number of rotatable bonds is 7. The Morgan fingerprint density at radius 2 is 1.81 bits per heavy atom. The predicted octanol–water partition coefficient (Wildman–Crippen LogP) is 3.20. The second-order valence-electron chi connectivity index (χ2n) is 6.30. The van der Waals surface area contributed by atoms with Crippen molar-refractivity contribution in [3.05, 3.63) is 63.1 Å². The van der Waals surface area contributed by atoms with Crippen molar-refractivity contribution < 1.29 is 9.53 Å². The molecule has 0 aliphatic carbocycles. The first-order valence-electron chi connectivity index (χ1n) is 9.06. The molecule has 2 rings (SSSR count). The monoisotopic (exact) mass is 356 g/mol. The van der Waals surface area contributed by atoms with E-state index in [9.17, 15) is 9.59 Å². The zero-order chi connectivity index (χ0) is 19.3. The smallest absolute Gasteiger partial charge is 0.259 e. The minimum Gasteiger partial charge on any atom is -0.496 e. The van der Waals surface area contributed by atoms with Crippen LogP contribution in [0.1, 0.15) is 41.2 Å². The van der Waals surface area contributed by atoms with E-state index >= 15 is 0 Å². The first-order chi connectivity index (χ1) is 12.4. The Bertz CT molecular complexity index is 836. The standard InChI is InChI=1S/C21H28N2O3/c1-6-22(7-2)21(25)20-16(4)23(15(3)14-18(20)24)13-12-17-10-8-9-11-19(17)26-5/h8-11,14H,6-7,12-13H2,1-5H3. The van der Waals surface area contributed by atoms with Gasteiger partial charge in [0.15, 0.2) is 5.43 Å². The first kappa shape index (κ1) is 19.8. The number of aryl methyl sites for hydroxylation is 2. The van der Waals surface area contributed by atoms with Crippen LogP contribution in [-0.4, -0.2) is 35.6 Å². The summed E-state index contributed by atoms with van der Waals surface area (Å²) in [7, 11) is 1.66. The predicted molar refractivity (Wildman–Crippen MR) is 104 cm³/mol. The zero-order valence-corrected chi connectivity index (χ0v) is 16.3. The van der Waals surface area contributed by atoms with Crippen LogP contribution in [-0.2, 0) is 13.0 Å². The molecule has 0 saturated heterocycles. The molecular formula is C21H28N2O3. The van der Waals surface area contributed by atoms with E-state index in [0.717, 1.165) is 29.1 Å². The number of aromatic nitrogens is 1. The number of hydrogen-bond donors (Lipinski definition) is 0. The molecule has 26 heavy (non-hydrogen) atoms. The number of methoxy groups -OCH3 is 1. The van der Waals surface area contributed by atoms with E-state index in [-0.39, 0.29) is 16.9 Å².